The highest BCUT2D eigenvalue weighted by atomic mass is 14.7. The van der Waals surface area contributed by atoms with Crippen LogP contribution in [0.25, 0.3) is 0 Å². The van der Waals surface area contributed by atoms with Crippen molar-refractivity contribution < 1.29 is 0 Å². The van der Waals surface area contributed by atoms with E-state index in [4.69, 9.17) is 0 Å². The van der Waals surface area contributed by atoms with Gasteiger partial charge >= 0.3 is 0 Å². The average Bonchev–Trinajstić information content (AvgIpc) is 2.33. The lowest BCUT2D eigenvalue weighted by atomic mass is 10.2. The molecule has 0 aromatic heterocycles. The quantitative estimate of drug-likeness (QED) is 0.450. The summed E-state index contributed by atoms with van der Waals surface area (Å²) >= 11 is 0. The molecule has 0 saturated heterocycles. The molecule has 1 fully saturated rings. The van der Waals surface area contributed by atoms with Crippen molar-refractivity contribution in [2.45, 2.75) is 58.3 Å². The van der Waals surface area contributed by atoms with Crippen molar-refractivity contribution in [3.8, 4) is 0 Å². The monoisotopic (exact) mass is 167 g/mol. The van der Waals surface area contributed by atoms with Crippen molar-refractivity contribution in [3.63, 3.8) is 0 Å². The van der Waals surface area contributed by atoms with Gasteiger partial charge in [-0.1, -0.05) is 26.2 Å². The van der Waals surface area contributed by atoms with Crippen molar-refractivity contribution >= 4 is 5.71 Å². The van der Waals surface area contributed by atoms with E-state index in [1.165, 1.54) is 57.1 Å². The van der Waals surface area contributed by atoms with Gasteiger partial charge in [0, 0.05) is 12.3 Å². The second-order valence-electron chi connectivity index (χ2n) is 3.72. The summed E-state index contributed by atoms with van der Waals surface area (Å²) in [5.74, 6) is 0. The molecule has 0 spiro atoms. The van der Waals surface area contributed by atoms with Gasteiger partial charge in [-0.05, 0) is 32.1 Å². The molecule has 0 atom stereocenters. The predicted octanol–water partition coefficient (Wildman–Crippen LogP) is 3.58. The number of rotatable bonds is 3. The first kappa shape index (κ1) is 9.76. The van der Waals surface area contributed by atoms with E-state index in [9.17, 15) is 0 Å². The van der Waals surface area contributed by atoms with Gasteiger partial charge in [0.1, 0.15) is 0 Å². The van der Waals surface area contributed by atoms with Crippen LogP contribution < -0.4 is 0 Å². The maximum absolute atomic E-state index is 4.65. The molecular formula is C11H21N. The lowest BCUT2D eigenvalue weighted by Gasteiger charge is -2.00. The zero-order valence-electron chi connectivity index (χ0n) is 8.31. The fourth-order valence-electron chi connectivity index (χ4n) is 1.69. The fourth-order valence-corrected chi connectivity index (χ4v) is 1.69. The van der Waals surface area contributed by atoms with Crippen molar-refractivity contribution in [1.82, 2.24) is 0 Å². The van der Waals surface area contributed by atoms with Crippen LogP contribution in [-0.4, -0.2) is 12.3 Å². The molecule has 0 N–H and O–H groups in total. The lowest BCUT2D eigenvalue weighted by molar-refractivity contribution is 0.702. The third-order valence-electron chi connectivity index (χ3n) is 2.53. The minimum atomic E-state index is 1.08. The molecule has 1 rings (SSSR count). The van der Waals surface area contributed by atoms with E-state index in [0.717, 1.165) is 6.54 Å². The topological polar surface area (TPSA) is 12.4 Å². The van der Waals surface area contributed by atoms with E-state index in [1.54, 1.807) is 0 Å². The molecule has 0 radical (unpaired) electrons. The van der Waals surface area contributed by atoms with Crippen molar-refractivity contribution in [2.24, 2.45) is 4.99 Å². The summed E-state index contributed by atoms with van der Waals surface area (Å²) in [6.07, 6.45) is 10.7. The standard InChI is InChI=1S/C11H21N/c1-2-3-10-12-11-8-6-4-5-7-9-11/h2-10H2,1H3. The molecule has 0 aromatic carbocycles. The number of aliphatic imine (C=N–C) groups is 1. The van der Waals surface area contributed by atoms with Gasteiger partial charge in [0.05, 0.1) is 0 Å². The highest BCUT2D eigenvalue weighted by Crippen LogP contribution is 2.14. The van der Waals surface area contributed by atoms with Crippen molar-refractivity contribution in [2.75, 3.05) is 6.54 Å². The molecule has 12 heavy (non-hydrogen) atoms. The van der Waals surface area contributed by atoms with Crippen LogP contribution >= 0.6 is 0 Å². The smallest absolute Gasteiger partial charge is 0.0388 e. The molecular weight excluding hydrogens is 146 g/mol. The summed E-state index contributed by atoms with van der Waals surface area (Å²) in [5, 5.41) is 0. The van der Waals surface area contributed by atoms with Gasteiger partial charge in [0.2, 0.25) is 0 Å². The summed E-state index contributed by atoms with van der Waals surface area (Å²) in [5.41, 5.74) is 1.50. The average molecular weight is 167 g/mol. The molecule has 0 unspecified atom stereocenters. The Morgan fingerprint density at radius 3 is 2.33 bits per heavy atom. The minimum absolute atomic E-state index is 1.08. The second-order valence-corrected chi connectivity index (χ2v) is 3.72. The van der Waals surface area contributed by atoms with E-state index in [0.29, 0.717) is 0 Å². The van der Waals surface area contributed by atoms with Crippen LogP contribution in [0, 0.1) is 0 Å². The van der Waals surface area contributed by atoms with Crippen LogP contribution in [0.1, 0.15) is 58.3 Å². The maximum atomic E-state index is 4.65. The van der Waals surface area contributed by atoms with Gasteiger partial charge < -0.3 is 0 Å². The van der Waals surface area contributed by atoms with Crippen molar-refractivity contribution in [1.29, 1.82) is 0 Å². The molecule has 1 heteroatoms. The summed E-state index contributed by atoms with van der Waals surface area (Å²) in [6, 6.07) is 0. The molecule has 1 nitrogen and oxygen atoms in total. The van der Waals surface area contributed by atoms with Gasteiger partial charge in [0.15, 0.2) is 0 Å². The van der Waals surface area contributed by atoms with Crippen LogP contribution in [0.15, 0.2) is 4.99 Å². The molecule has 0 bridgehead atoms. The Morgan fingerprint density at radius 2 is 1.75 bits per heavy atom. The number of hydrogen-bond acceptors (Lipinski definition) is 1. The van der Waals surface area contributed by atoms with E-state index < -0.39 is 0 Å². The van der Waals surface area contributed by atoms with E-state index in [2.05, 4.69) is 11.9 Å². The normalized spacial score (nSPS) is 18.9. The third kappa shape index (κ3) is 3.89. The lowest BCUT2D eigenvalue weighted by Crippen LogP contribution is -1.97. The minimum Gasteiger partial charge on any atom is -0.294 e. The number of hydrogen-bond donors (Lipinski definition) is 0. The van der Waals surface area contributed by atoms with E-state index >= 15 is 0 Å². The summed E-state index contributed by atoms with van der Waals surface area (Å²) < 4.78 is 0. The van der Waals surface area contributed by atoms with Crippen LogP contribution in [0.2, 0.25) is 0 Å². The first-order chi connectivity index (χ1) is 5.93. The Kier molecular flexibility index (Phi) is 5.05. The summed E-state index contributed by atoms with van der Waals surface area (Å²) in [4.78, 5) is 4.65. The molecule has 0 heterocycles. The third-order valence-corrected chi connectivity index (χ3v) is 2.53. The predicted molar refractivity (Wildman–Crippen MR) is 54.9 cm³/mol. The Morgan fingerprint density at radius 1 is 1.08 bits per heavy atom. The number of unbranched alkanes of at least 4 members (excludes halogenated alkanes) is 1. The van der Waals surface area contributed by atoms with E-state index in [-0.39, 0.29) is 0 Å². The van der Waals surface area contributed by atoms with Crippen LogP contribution in [0.3, 0.4) is 0 Å². The maximum Gasteiger partial charge on any atom is 0.0388 e. The Balaban J connectivity index is 2.22. The van der Waals surface area contributed by atoms with Gasteiger partial charge in [-0.25, -0.2) is 0 Å². The number of nitrogens with zero attached hydrogens (tertiary/aromatic N) is 1. The first-order valence-electron chi connectivity index (χ1n) is 5.45. The van der Waals surface area contributed by atoms with Gasteiger partial charge in [-0.3, -0.25) is 4.99 Å². The van der Waals surface area contributed by atoms with Gasteiger partial charge in [-0.2, -0.15) is 0 Å². The van der Waals surface area contributed by atoms with Crippen LogP contribution in [-0.2, 0) is 0 Å². The highest BCUT2D eigenvalue weighted by Gasteiger charge is 2.04. The second kappa shape index (κ2) is 6.22. The largest absolute Gasteiger partial charge is 0.294 e. The SMILES string of the molecule is CCCCN=C1CCCCCC1. The van der Waals surface area contributed by atoms with Gasteiger partial charge in [0.25, 0.3) is 0 Å². The molecule has 1 saturated carbocycles. The highest BCUT2D eigenvalue weighted by molar-refractivity contribution is 5.84. The molecule has 70 valence electrons. The Bertz CT molecular complexity index is 128. The molecule has 0 aliphatic heterocycles. The molecule has 0 aromatic rings. The van der Waals surface area contributed by atoms with E-state index in [1.807, 2.05) is 0 Å². The first-order valence-corrected chi connectivity index (χ1v) is 5.45. The zero-order chi connectivity index (χ0) is 8.65. The molecule has 0 amide bonds. The van der Waals surface area contributed by atoms with Crippen LogP contribution in [0.4, 0.5) is 0 Å². The molecule has 1 aliphatic carbocycles. The fraction of sp³-hybridized carbons (Fsp3) is 0.909. The van der Waals surface area contributed by atoms with Crippen molar-refractivity contribution in [3.05, 3.63) is 0 Å². The summed E-state index contributed by atoms with van der Waals surface area (Å²) in [7, 11) is 0. The Labute approximate surface area is 76.3 Å². The summed E-state index contributed by atoms with van der Waals surface area (Å²) in [6.45, 7) is 3.30. The van der Waals surface area contributed by atoms with Crippen LogP contribution in [0.5, 0.6) is 0 Å². The molecule has 1 aliphatic rings. The Hall–Kier alpha value is -0.330. The zero-order valence-corrected chi connectivity index (χ0v) is 8.31. The van der Waals surface area contributed by atoms with Gasteiger partial charge in [-0.15, -0.1) is 0 Å².